The molecule has 5 aromatic rings. The van der Waals surface area contributed by atoms with Crippen LogP contribution < -0.4 is 4.74 Å². The molecule has 6 rings (SSSR count). The summed E-state index contributed by atoms with van der Waals surface area (Å²) in [4.78, 5) is 23.6. The number of H-pyrrole nitrogens is 1. The monoisotopic (exact) mass is 580 g/mol. The van der Waals surface area contributed by atoms with Crippen LogP contribution in [0.25, 0.3) is 44.9 Å². The van der Waals surface area contributed by atoms with Crippen molar-refractivity contribution in [2.75, 3.05) is 6.61 Å². The average molecular weight is 581 g/mol. The van der Waals surface area contributed by atoms with E-state index in [0.29, 0.717) is 29.7 Å². The molecule has 0 saturated heterocycles. The second-order valence-electron chi connectivity index (χ2n) is 10.1. The van der Waals surface area contributed by atoms with Gasteiger partial charge >= 0.3 is 12.3 Å². The fraction of sp³-hybridized carbons (Fsp3) is 0.267. The lowest BCUT2D eigenvalue weighted by Crippen LogP contribution is -2.17. The predicted molar refractivity (Wildman–Crippen MR) is 144 cm³/mol. The van der Waals surface area contributed by atoms with E-state index in [1.54, 1.807) is 13.0 Å². The summed E-state index contributed by atoms with van der Waals surface area (Å²) >= 11 is 0. The zero-order chi connectivity index (χ0) is 29.6. The van der Waals surface area contributed by atoms with Crippen molar-refractivity contribution in [2.24, 2.45) is 0 Å². The normalized spacial score (nSPS) is 14.8. The molecule has 0 saturated carbocycles. The first-order valence-corrected chi connectivity index (χ1v) is 13.3. The Labute approximate surface area is 236 Å². The van der Waals surface area contributed by atoms with E-state index in [4.69, 9.17) is 9.26 Å². The molecule has 0 bridgehead atoms. The van der Waals surface area contributed by atoms with Crippen molar-refractivity contribution in [2.45, 2.75) is 45.4 Å². The van der Waals surface area contributed by atoms with E-state index in [-0.39, 0.29) is 34.7 Å². The third-order valence-corrected chi connectivity index (χ3v) is 7.23. The Morgan fingerprint density at radius 3 is 2.67 bits per heavy atom. The quantitative estimate of drug-likeness (QED) is 0.123. The fourth-order valence-electron chi connectivity index (χ4n) is 5.37. The van der Waals surface area contributed by atoms with Gasteiger partial charge in [-0.15, -0.1) is 13.2 Å². The number of halogens is 4. The van der Waals surface area contributed by atoms with Gasteiger partial charge in [0.05, 0.1) is 13.0 Å². The summed E-state index contributed by atoms with van der Waals surface area (Å²) in [5.41, 5.74) is 4.78. The number of aromatic nitrogens is 4. The molecule has 42 heavy (non-hydrogen) atoms. The Kier molecular flexibility index (Phi) is 6.91. The summed E-state index contributed by atoms with van der Waals surface area (Å²) in [6, 6.07) is 11.0. The lowest BCUT2D eigenvalue weighted by Gasteiger charge is -2.12. The average Bonchev–Trinajstić information content (AvgIpc) is 3.66. The first-order valence-electron chi connectivity index (χ1n) is 13.3. The van der Waals surface area contributed by atoms with Crippen molar-refractivity contribution < 1.29 is 36.4 Å². The van der Waals surface area contributed by atoms with Gasteiger partial charge in [0.1, 0.15) is 5.75 Å². The number of nitrogens with one attached hydrogen (secondary N) is 1. The van der Waals surface area contributed by atoms with Crippen molar-refractivity contribution >= 4 is 16.9 Å². The highest BCUT2D eigenvalue weighted by atomic mass is 19.4. The topological polar surface area (TPSA) is 103 Å². The number of esters is 1. The molecule has 3 heterocycles. The standard InChI is InChI=1S/C30H24F4N4O4/c1-3-40-25(39)13-16-4-6-22-23-12-17(5-7-24(23)36-26(16)22)28-37-29(42-38-28)19-9-18(10-21(11-19)41-30(32,33)34)20-8-15(2)27(31)35-14-20/h5,7-12,14,16,36H,3-4,6,13H2,1-2H3. The highest BCUT2D eigenvalue weighted by molar-refractivity contribution is 5.89. The van der Waals surface area contributed by atoms with Crippen LogP contribution >= 0.6 is 0 Å². The number of hydrogen-bond acceptors (Lipinski definition) is 7. The highest BCUT2D eigenvalue weighted by Crippen LogP contribution is 2.41. The molecule has 1 N–H and O–H groups in total. The molecule has 1 aliphatic rings. The van der Waals surface area contributed by atoms with E-state index >= 15 is 0 Å². The fourth-order valence-corrected chi connectivity index (χ4v) is 5.37. The minimum Gasteiger partial charge on any atom is -0.466 e. The molecule has 2 aromatic carbocycles. The molecule has 0 amide bonds. The zero-order valence-electron chi connectivity index (χ0n) is 22.5. The molecule has 0 spiro atoms. The predicted octanol–water partition coefficient (Wildman–Crippen LogP) is 7.28. The summed E-state index contributed by atoms with van der Waals surface area (Å²) in [6.07, 6.45) is -1.78. The lowest BCUT2D eigenvalue weighted by molar-refractivity contribution is -0.274. The van der Waals surface area contributed by atoms with Gasteiger partial charge in [0.15, 0.2) is 0 Å². The van der Waals surface area contributed by atoms with Crippen molar-refractivity contribution in [3.05, 3.63) is 71.4 Å². The summed E-state index contributed by atoms with van der Waals surface area (Å²) < 4.78 is 67.8. The minimum absolute atomic E-state index is 0.0282. The Balaban J connectivity index is 1.34. The van der Waals surface area contributed by atoms with Crippen LogP contribution in [-0.4, -0.2) is 39.0 Å². The summed E-state index contributed by atoms with van der Waals surface area (Å²) in [5.74, 6) is -1.15. The Bertz CT molecular complexity index is 1810. The number of hydrogen-bond donors (Lipinski definition) is 1. The van der Waals surface area contributed by atoms with E-state index in [1.807, 2.05) is 18.2 Å². The van der Waals surface area contributed by atoms with E-state index < -0.39 is 18.1 Å². The Morgan fingerprint density at radius 1 is 1.10 bits per heavy atom. The summed E-state index contributed by atoms with van der Waals surface area (Å²) in [5, 5.41) is 5.05. The van der Waals surface area contributed by atoms with Gasteiger partial charge in [-0.2, -0.15) is 9.37 Å². The minimum atomic E-state index is -4.94. The van der Waals surface area contributed by atoms with E-state index in [1.165, 1.54) is 25.3 Å². The SMILES string of the molecule is CCOC(=O)CC1CCc2c1[nH]c1ccc(-c3noc(-c4cc(OC(F)(F)F)cc(-c5cnc(F)c(C)c5)c4)n3)cc21. The van der Waals surface area contributed by atoms with Gasteiger partial charge in [0.25, 0.3) is 5.89 Å². The van der Waals surface area contributed by atoms with Crippen molar-refractivity contribution in [1.29, 1.82) is 0 Å². The summed E-state index contributed by atoms with van der Waals surface area (Å²) in [6.45, 7) is 3.62. The van der Waals surface area contributed by atoms with Crippen LogP contribution in [0.5, 0.6) is 5.75 Å². The number of pyridine rings is 1. The molecular formula is C30H24F4N4O4. The van der Waals surface area contributed by atoms with Gasteiger partial charge in [0, 0.05) is 51.0 Å². The van der Waals surface area contributed by atoms with Crippen LogP contribution in [0.15, 0.2) is 53.2 Å². The van der Waals surface area contributed by atoms with Crippen LogP contribution in [0.4, 0.5) is 17.6 Å². The van der Waals surface area contributed by atoms with Crippen LogP contribution in [0, 0.1) is 12.9 Å². The molecule has 216 valence electrons. The second kappa shape index (κ2) is 10.6. The van der Waals surface area contributed by atoms with Crippen LogP contribution in [0.3, 0.4) is 0 Å². The number of benzene rings is 2. The first-order chi connectivity index (χ1) is 20.1. The number of rotatable bonds is 7. The maximum atomic E-state index is 13.7. The number of alkyl halides is 3. The Hall–Kier alpha value is -4.74. The van der Waals surface area contributed by atoms with E-state index in [2.05, 4.69) is 24.8 Å². The Morgan fingerprint density at radius 2 is 1.90 bits per heavy atom. The molecule has 8 nitrogen and oxygen atoms in total. The van der Waals surface area contributed by atoms with Crippen LogP contribution in [-0.2, 0) is 16.0 Å². The first kappa shape index (κ1) is 27.4. The molecule has 1 atom stereocenters. The summed E-state index contributed by atoms with van der Waals surface area (Å²) in [7, 11) is 0. The molecule has 0 fully saturated rings. The number of nitrogens with zero attached hydrogens (tertiary/aromatic N) is 3. The molecular weight excluding hydrogens is 556 g/mol. The number of fused-ring (bicyclic) bond motifs is 3. The zero-order valence-corrected chi connectivity index (χ0v) is 22.5. The van der Waals surface area contributed by atoms with Gasteiger partial charge in [-0.3, -0.25) is 4.79 Å². The number of ether oxygens (including phenoxy) is 2. The molecule has 0 radical (unpaired) electrons. The highest BCUT2D eigenvalue weighted by Gasteiger charge is 2.32. The third-order valence-electron chi connectivity index (χ3n) is 7.23. The lowest BCUT2D eigenvalue weighted by atomic mass is 10.0. The maximum absolute atomic E-state index is 13.7. The smallest absolute Gasteiger partial charge is 0.466 e. The second-order valence-corrected chi connectivity index (χ2v) is 10.1. The van der Waals surface area contributed by atoms with Crippen LogP contribution in [0.2, 0.25) is 0 Å². The van der Waals surface area contributed by atoms with E-state index in [0.717, 1.165) is 41.1 Å². The largest absolute Gasteiger partial charge is 0.573 e. The van der Waals surface area contributed by atoms with E-state index in [9.17, 15) is 22.4 Å². The van der Waals surface area contributed by atoms with Gasteiger partial charge in [-0.25, -0.2) is 4.98 Å². The van der Waals surface area contributed by atoms with Gasteiger partial charge in [-0.05, 0) is 80.3 Å². The molecule has 1 aliphatic carbocycles. The molecule has 0 aliphatic heterocycles. The molecule has 12 heteroatoms. The van der Waals surface area contributed by atoms with Crippen molar-refractivity contribution in [3.63, 3.8) is 0 Å². The van der Waals surface area contributed by atoms with Gasteiger partial charge in [-0.1, -0.05) is 5.16 Å². The number of carbonyl (C=O) groups excluding carboxylic acids is 1. The van der Waals surface area contributed by atoms with Gasteiger partial charge in [0.2, 0.25) is 11.8 Å². The number of carbonyl (C=O) groups is 1. The van der Waals surface area contributed by atoms with Gasteiger partial charge < -0.3 is 19.0 Å². The van der Waals surface area contributed by atoms with Crippen molar-refractivity contribution in [1.82, 2.24) is 20.1 Å². The van der Waals surface area contributed by atoms with Crippen molar-refractivity contribution in [3.8, 4) is 39.7 Å². The molecule has 1 unspecified atom stereocenters. The number of aryl methyl sites for hydroxylation is 2. The third kappa shape index (κ3) is 5.44. The maximum Gasteiger partial charge on any atom is 0.573 e. The number of aromatic amines is 1. The van der Waals surface area contributed by atoms with Crippen LogP contribution in [0.1, 0.15) is 42.5 Å². The molecule has 3 aromatic heterocycles.